The van der Waals surface area contributed by atoms with Crippen molar-refractivity contribution in [2.24, 2.45) is 0 Å². The molecular weight excluding hydrogens is 295 g/mol. The third-order valence-corrected chi connectivity index (χ3v) is 4.91. The first-order valence-corrected chi connectivity index (χ1v) is 7.94. The first-order valence-electron chi connectivity index (χ1n) is 7.94. The van der Waals surface area contributed by atoms with E-state index < -0.39 is 0 Å². The number of aromatic nitrogens is 1. The maximum atomic E-state index is 14.7. The van der Waals surface area contributed by atoms with Crippen LogP contribution in [0.2, 0.25) is 0 Å². The molecule has 2 N–H and O–H groups in total. The van der Waals surface area contributed by atoms with E-state index in [1.165, 1.54) is 0 Å². The van der Waals surface area contributed by atoms with Crippen molar-refractivity contribution in [2.75, 3.05) is 28.7 Å². The Balaban J connectivity index is 1.53. The molecule has 2 bridgehead atoms. The van der Waals surface area contributed by atoms with E-state index >= 15 is 0 Å². The van der Waals surface area contributed by atoms with Crippen LogP contribution in [0.25, 0.3) is 0 Å². The number of pyridine rings is 1. The molecule has 3 aliphatic heterocycles. The normalized spacial score (nSPS) is 24.5. The molecule has 1 aromatic heterocycles. The predicted molar refractivity (Wildman–Crippen MR) is 86.7 cm³/mol. The maximum absolute atomic E-state index is 14.7. The van der Waals surface area contributed by atoms with Gasteiger partial charge in [0.05, 0.1) is 35.8 Å². The van der Waals surface area contributed by atoms with Gasteiger partial charge in [-0.1, -0.05) is 6.07 Å². The number of anilines is 4. The fourth-order valence-corrected chi connectivity index (χ4v) is 3.74. The molecule has 2 atom stereocenters. The van der Waals surface area contributed by atoms with Gasteiger partial charge in [0, 0.05) is 30.9 Å². The molecule has 0 aliphatic carbocycles. The van der Waals surface area contributed by atoms with Gasteiger partial charge in [0.15, 0.2) is 0 Å². The van der Waals surface area contributed by atoms with Crippen LogP contribution in [0.5, 0.6) is 0 Å². The van der Waals surface area contributed by atoms with Gasteiger partial charge in [-0.2, -0.15) is 0 Å². The van der Waals surface area contributed by atoms with Crippen LogP contribution in [-0.4, -0.2) is 30.3 Å². The molecule has 1 aromatic carbocycles. The summed E-state index contributed by atoms with van der Waals surface area (Å²) in [4.78, 5) is 6.48. The molecule has 2 aromatic rings. The zero-order valence-electron chi connectivity index (χ0n) is 12.6. The Bertz CT molecular complexity index is 781. The van der Waals surface area contributed by atoms with Gasteiger partial charge in [-0.15, -0.1) is 0 Å². The second-order valence-corrected chi connectivity index (χ2v) is 6.34. The molecule has 4 heterocycles. The van der Waals surface area contributed by atoms with Gasteiger partial charge in [-0.05, 0) is 18.6 Å². The number of rotatable bonds is 1. The summed E-state index contributed by atoms with van der Waals surface area (Å²) in [6.45, 7) is 2.14. The van der Waals surface area contributed by atoms with E-state index in [4.69, 9.17) is 4.74 Å². The highest BCUT2D eigenvalue weighted by atomic mass is 19.1. The van der Waals surface area contributed by atoms with E-state index in [1.807, 2.05) is 18.2 Å². The first kappa shape index (κ1) is 13.1. The Kier molecular flexibility index (Phi) is 2.76. The van der Waals surface area contributed by atoms with Gasteiger partial charge in [-0.25, -0.2) is 9.37 Å². The molecular formula is C17H17FN4O. The average molecular weight is 312 g/mol. The van der Waals surface area contributed by atoms with Crippen LogP contribution < -0.4 is 15.5 Å². The van der Waals surface area contributed by atoms with Gasteiger partial charge in [0.2, 0.25) is 0 Å². The molecule has 0 amide bonds. The summed E-state index contributed by atoms with van der Waals surface area (Å²) in [6.07, 6.45) is 2.98. The molecule has 23 heavy (non-hydrogen) atoms. The second kappa shape index (κ2) is 4.83. The van der Waals surface area contributed by atoms with E-state index in [-0.39, 0.29) is 11.9 Å². The molecule has 118 valence electrons. The van der Waals surface area contributed by atoms with Crippen LogP contribution >= 0.6 is 0 Å². The third-order valence-electron chi connectivity index (χ3n) is 4.91. The molecule has 0 radical (unpaired) electrons. The quantitative estimate of drug-likeness (QED) is 0.848. The summed E-state index contributed by atoms with van der Waals surface area (Å²) in [5, 5.41) is 6.63. The highest BCUT2D eigenvalue weighted by Gasteiger charge is 2.40. The second-order valence-electron chi connectivity index (χ2n) is 6.34. The maximum Gasteiger partial charge on any atom is 0.148 e. The molecule has 5 nitrogen and oxygen atoms in total. The lowest BCUT2D eigenvalue weighted by molar-refractivity contribution is 0.0989. The molecule has 2 saturated heterocycles. The minimum atomic E-state index is -0.204. The van der Waals surface area contributed by atoms with Crippen molar-refractivity contribution in [1.82, 2.24) is 4.98 Å². The van der Waals surface area contributed by atoms with Crippen molar-refractivity contribution in [1.29, 1.82) is 0 Å². The lowest BCUT2D eigenvalue weighted by Gasteiger charge is -2.30. The molecule has 2 fully saturated rings. The third kappa shape index (κ3) is 2.05. The van der Waals surface area contributed by atoms with Crippen molar-refractivity contribution in [2.45, 2.75) is 25.1 Å². The summed E-state index contributed by atoms with van der Waals surface area (Å²) in [5.41, 5.74) is 3.36. The van der Waals surface area contributed by atoms with Crippen LogP contribution in [0.15, 0.2) is 30.5 Å². The van der Waals surface area contributed by atoms with Crippen LogP contribution in [0.4, 0.5) is 27.3 Å². The van der Waals surface area contributed by atoms with E-state index in [9.17, 15) is 4.39 Å². The molecule has 6 heteroatoms. The minimum absolute atomic E-state index is 0.204. The van der Waals surface area contributed by atoms with E-state index in [2.05, 4.69) is 20.5 Å². The first-order chi connectivity index (χ1) is 11.3. The van der Waals surface area contributed by atoms with E-state index in [1.54, 1.807) is 12.3 Å². The van der Waals surface area contributed by atoms with Crippen molar-refractivity contribution in [3.8, 4) is 0 Å². The van der Waals surface area contributed by atoms with Crippen LogP contribution in [0.3, 0.4) is 0 Å². The molecule has 5 rings (SSSR count). The number of nitrogens with zero attached hydrogens (tertiary/aromatic N) is 2. The number of nitrogens with one attached hydrogen (secondary N) is 2. The lowest BCUT2D eigenvalue weighted by Crippen LogP contribution is -2.37. The summed E-state index contributed by atoms with van der Waals surface area (Å²) < 4.78 is 20.3. The number of hydrogen-bond acceptors (Lipinski definition) is 5. The summed E-state index contributed by atoms with van der Waals surface area (Å²) in [7, 11) is 0. The molecule has 0 spiro atoms. The minimum Gasteiger partial charge on any atom is -0.379 e. The highest BCUT2D eigenvalue weighted by Crippen LogP contribution is 2.39. The Labute approximate surface area is 133 Å². The summed E-state index contributed by atoms with van der Waals surface area (Å²) >= 11 is 0. The van der Waals surface area contributed by atoms with Gasteiger partial charge < -0.3 is 20.3 Å². The standard InChI is InChI=1S/C17H17FN4O/c18-13-5-15-14(20-7-10-2-1-3-19-17(10)21-15)6-16(13)22-8-12-4-11(22)9-23-12/h1-3,5-6,11-12,20H,4,7-9H2,(H,19,21)/t11-,12?/m0/s1. The zero-order valence-corrected chi connectivity index (χ0v) is 12.6. The van der Waals surface area contributed by atoms with Gasteiger partial charge in [0.1, 0.15) is 11.6 Å². The number of ether oxygens (including phenoxy) is 1. The average Bonchev–Trinajstić information content (AvgIpc) is 3.13. The van der Waals surface area contributed by atoms with E-state index in [0.29, 0.717) is 24.9 Å². The Morgan fingerprint density at radius 3 is 3.09 bits per heavy atom. The molecule has 0 saturated carbocycles. The Morgan fingerprint density at radius 1 is 1.30 bits per heavy atom. The van der Waals surface area contributed by atoms with Crippen molar-refractivity contribution >= 4 is 22.9 Å². The Hall–Kier alpha value is -2.34. The van der Waals surface area contributed by atoms with Crippen molar-refractivity contribution in [3.05, 3.63) is 41.8 Å². The lowest BCUT2D eigenvalue weighted by atomic mass is 10.2. The zero-order chi connectivity index (χ0) is 15.4. The highest BCUT2D eigenvalue weighted by molar-refractivity contribution is 5.80. The smallest absolute Gasteiger partial charge is 0.148 e. The fraction of sp³-hybridized carbons (Fsp3) is 0.353. The number of morpholine rings is 1. The van der Waals surface area contributed by atoms with Gasteiger partial charge in [-0.3, -0.25) is 0 Å². The summed E-state index contributed by atoms with van der Waals surface area (Å²) in [5.74, 6) is 0.574. The molecule has 3 aliphatic rings. The summed E-state index contributed by atoms with van der Waals surface area (Å²) in [6, 6.07) is 7.69. The number of halogens is 1. The number of benzene rings is 1. The topological polar surface area (TPSA) is 49.4 Å². The number of fused-ring (bicyclic) bond motifs is 4. The fourth-order valence-electron chi connectivity index (χ4n) is 3.74. The van der Waals surface area contributed by atoms with Crippen LogP contribution in [0.1, 0.15) is 12.0 Å². The largest absolute Gasteiger partial charge is 0.379 e. The Morgan fingerprint density at radius 2 is 2.26 bits per heavy atom. The predicted octanol–water partition coefficient (Wildman–Crippen LogP) is 2.87. The monoisotopic (exact) mass is 312 g/mol. The van der Waals surface area contributed by atoms with Crippen LogP contribution in [0, 0.1) is 5.82 Å². The van der Waals surface area contributed by atoms with Crippen molar-refractivity contribution in [3.63, 3.8) is 0 Å². The van der Waals surface area contributed by atoms with Crippen LogP contribution in [-0.2, 0) is 11.3 Å². The molecule has 1 unspecified atom stereocenters. The van der Waals surface area contributed by atoms with Gasteiger partial charge >= 0.3 is 0 Å². The van der Waals surface area contributed by atoms with Crippen molar-refractivity contribution < 1.29 is 9.13 Å². The van der Waals surface area contributed by atoms with Gasteiger partial charge in [0.25, 0.3) is 0 Å². The van der Waals surface area contributed by atoms with E-state index in [0.717, 1.165) is 35.7 Å². The SMILES string of the molecule is Fc1cc2c(cc1N1CC3C[C@H]1CO3)NCc1cccnc1N2. The number of hydrogen-bond donors (Lipinski definition) is 2.